The Hall–Kier alpha value is -6.06. The normalized spacial score (nSPS) is 13.4. The lowest BCUT2D eigenvalue weighted by molar-refractivity contribution is 0.653. The van der Waals surface area contributed by atoms with Crippen molar-refractivity contribution in [2.45, 2.75) is 19.3 Å². The van der Waals surface area contributed by atoms with Crippen LogP contribution in [0.3, 0.4) is 0 Å². The molecular weight excluding hydrogens is 587 g/mol. The molecule has 3 nitrogen and oxygen atoms in total. The molecule has 0 saturated carbocycles. The Kier molecular flexibility index (Phi) is 5.63. The Morgan fingerprint density at radius 2 is 1.15 bits per heavy atom. The number of para-hydroxylation sites is 2. The summed E-state index contributed by atoms with van der Waals surface area (Å²) in [6.45, 7) is 4.67. The lowest BCUT2D eigenvalue weighted by Crippen LogP contribution is -2.16. The largest absolute Gasteiger partial charge is 0.456 e. The summed E-state index contributed by atoms with van der Waals surface area (Å²) in [5.41, 5.74) is 14.1. The van der Waals surface area contributed by atoms with Crippen molar-refractivity contribution in [3.63, 3.8) is 0 Å². The lowest BCUT2D eigenvalue weighted by Gasteiger charge is -2.28. The van der Waals surface area contributed by atoms with Crippen LogP contribution in [0.15, 0.2) is 160 Å². The van der Waals surface area contributed by atoms with E-state index in [4.69, 9.17) is 8.83 Å². The van der Waals surface area contributed by atoms with Gasteiger partial charge in [0.15, 0.2) is 0 Å². The average molecular weight is 618 g/mol. The lowest BCUT2D eigenvalue weighted by atomic mass is 9.82. The number of benzene rings is 7. The van der Waals surface area contributed by atoms with Crippen LogP contribution in [0.2, 0.25) is 0 Å². The van der Waals surface area contributed by atoms with Gasteiger partial charge in [-0.05, 0) is 76.3 Å². The number of rotatable bonds is 4. The van der Waals surface area contributed by atoms with Crippen LogP contribution in [0.4, 0.5) is 17.1 Å². The van der Waals surface area contributed by atoms with E-state index in [1.54, 1.807) is 0 Å². The maximum absolute atomic E-state index is 6.57. The predicted molar refractivity (Wildman–Crippen MR) is 199 cm³/mol. The SMILES string of the molecule is CC1(C)c2cc(N(c3ccc(-c4ccccc4)cc3)c3cccc4oc5ccccc5c34)ccc2-c2c1ccc1c2oc2ccccc21. The number of hydrogen-bond donors (Lipinski definition) is 0. The Morgan fingerprint density at radius 1 is 0.479 bits per heavy atom. The zero-order valence-corrected chi connectivity index (χ0v) is 26.7. The summed E-state index contributed by atoms with van der Waals surface area (Å²) < 4.78 is 12.9. The minimum Gasteiger partial charge on any atom is -0.456 e. The van der Waals surface area contributed by atoms with Gasteiger partial charge in [0.05, 0.1) is 11.1 Å². The zero-order chi connectivity index (χ0) is 32.0. The fourth-order valence-corrected chi connectivity index (χ4v) is 7.93. The molecule has 0 bridgehead atoms. The molecule has 0 saturated heterocycles. The molecule has 228 valence electrons. The Bertz CT molecular complexity index is 2690. The third-order valence-corrected chi connectivity index (χ3v) is 10.3. The third kappa shape index (κ3) is 3.82. The van der Waals surface area contributed by atoms with E-state index in [1.807, 2.05) is 18.2 Å². The van der Waals surface area contributed by atoms with Gasteiger partial charge in [0.25, 0.3) is 0 Å². The summed E-state index contributed by atoms with van der Waals surface area (Å²) in [4.78, 5) is 2.38. The van der Waals surface area contributed by atoms with Crippen molar-refractivity contribution < 1.29 is 8.83 Å². The van der Waals surface area contributed by atoms with Crippen LogP contribution in [0, 0.1) is 0 Å². The van der Waals surface area contributed by atoms with Crippen molar-refractivity contribution in [1.29, 1.82) is 0 Å². The Labute approximate surface area is 278 Å². The molecule has 0 fully saturated rings. The highest BCUT2D eigenvalue weighted by atomic mass is 16.3. The summed E-state index contributed by atoms with van der Waals surface area (Å²) in [6, 6.07) is 54.0. The summed E-state index contributed by atoms with van der Waals surface area (Å²) in [5, 5.41) is 4.53. The quantitative estimate of drug-likeness (QED) is 0.197. The van der Waals surface area contributed by atoms with Crippen molar-refractivity contribution in [3.8, 4) is 22.3 Å². The van der Waals surface area contributed by atoms with E-state index in [1.165, 1.54) is 33.4 Å². The van der Waals surface area contributed by atoms with Crippen molar-refractivity contribution in [2.24, 2.45) is 0 Å². The van der Waals surface area contributed by atoms with Crippen molar-refractivity contribution in [1.82, 2.24) is 0 Å². The van der Waals surface area contributed by atoms with Crippen LogP contribution in [-0.4, -0.2) is 0 Å². The molecule has 10 rings (SSSR count). The first-order chi connectivity index (χ1) is 23.6. The fraction of sp³-hybridized carbons (Fsp3) is 0.0667. The van der Waals surface area contributed by atoms with Crippen molar-refractivity contribution in [3.05, 3.63) is 163 Å². The molecule has 2 heterocycles. The van der Waals surface area contributed by atoms with E-state index >= 15 is 0 Å². The molecule has 0 spiro atoms. The topological polar surface area (TPSA) is 29.5 Å². The second kappa shape index (κ2) is 9.97. The summed E-state index contributed by atoms with van der Waals surface area (Å²) in [6.07, 6.45) is 0. The van der Waals surface area contributed by atoms with Gasteiger partial charge >= 0.3 is 0 Å². The monoisotopic (exact) mass is 617 g/mol. The van der Waals surface area contributed by atoms with Gasteiger partial charge < -0.3 is 13.7 Å². The van der Waals surface area contributed by atoms with Crippen LogP contribution in [-0.2, 0) is 5.41 Å². The summed E-state index contributed by atoms with van der Waals surface area (Å²) >= 11 is 0. The second-order valence-corrected chi connectivity index (χ2v) is 13.3. The molecule has 0 aliphatic heterocycles. The van der Waals surface area contributed by atoms with E-state index in [0.29, 0.717) is 0 Å². The minimum atomic E-state index is -0.217. The maximum atomic E-state index is 6.57. The van der Waals surface area contributed by atoms with E-state index in [9.17, 15) is 0 Å². The first-order valence-electron chi connectivity index (χ1n) is 16.5. The molecule has 3 heteroatoms. The van der Waals surface area contributed by atoms with Crippen LogP contribution >= 0.6 is 0 Å². The summed E-state index contributed by atoms with van der Waals surface area (Å²) in [7, 11) is 0. The molecular formula is C45H31NO2. The second-order valence-electron chi connectivity index (χ2n) is 13.3. The molecule has 9 aromatic rings. The van der Waals surface area contributed by atoms with E-state index in [0.717, 1.165) is 60.9 Å². The summed E-state index contributed by atoms with van der Waals surface area (Å²) in [5.74, 6) is 0. The molecule has 0 N–H and O–H groups in total. The molecule has 0 amide bonds. The third-order valence-electron chi connectivity index (χ3n) is 10.3. The molecule has 0 unspecified atom stereocenters. The number of fused-ring (bicyclic) bond motifs is 10. The molecule has 1 aliphatic carbocycles. The van der Waals surface area contributed by atoms with E-state index in [-0.39, 0.29) is 5.41 Å². The first kappa shape index (κ1) is 27.1. The minimum absolute atomic E-state index is 0.217. The zero-order valence-electron chi connectivity index (χ0n) is 26.7. The van der Waals surface area contributed by atoms with Crippen LogP contribution in [0.1, 0.15) is 25.0 Å². The molecule has 0 atom stereocenters. The van der Waals surface area contributed by atoms with Gasteiger partial charge in [0.1, 0.15) is 22.3 Å². The average Bonchev–Trinajstić information content (AvgIpc) is 3.77. The molecule has 1 aliphatic rings. The fourth-order valence-electron chi connectivity index (χ4n) is 7.93. The number of nitrogens with zero attached hydrogens (tertiary/aromatic N) is 1. The van der Waals surface area contributed by atoms with Crippen molar-refractivity contribution in [2.75, 3.05) is 4.90 Å². The van der Waals surface area contributed by atoms with Crippen LogP contribution in [0.25, 0.3) is 66.1 Å². The first-order valence-corrected chi connectivity index (χ1v) is 16.5. The van der Waals surface area contributed by atoms with Crippen molar-refractivity contribution >= 4 is 60.9 Å². The molecule has 48 heavy (non-hydrogen) atoms. The van der Waals surface area contributed by atoms with Gasteiger partial charge in [-0.3, -0.25) is 0 Å². The smallest absolute Gasteiger partial charge is 0.143 e. The number of hydrogen-bond acceptors (Lipinski definition) is 3. The molecule has 7 aromatic carbocycles. The van der Waals surface area contributed by atoms with Gasteiger partial charge in [-0.25, -0.2) is 0 Å². The highest BCUT2D eigenvalue weighted by Gasteiger charge is 2.38. The standard InChI is InChI=1S/C45H31NO2/c1-45(2)36-26-25-33-32-13-6-8-16-39(32)48-44(33)42(36)34-24-23-31(27-37(34)45)46(30-21-19-29(20-22-30)28-11-4-3-5-12-28)38-15-10-18-41-43(38)35-14-7-9-17-40(35)47-41/h3-27H,1-2H3. The van der Waals surface area contributed by atoms with E-state index < -0.39 is 0 Å². The van der Waals surface area contributed by atoms with Gasteiger partial charge in [0.2, 0.25) is 0 Å². The predicted octanol–water partition coefficient (Wildman–Crippen LogP) is 12.9. The highest BCUT2D eigenvalue weighted by Crippen LogP contribution is 2.54. The van der Waals surface area contributed by atoms with Crippen LogP contribution in [0.5, 0.6) is 0 Å². The molecule has 2 aromatic heterocycles. The maximum Gasteiger partial charge on any atom is 0.143 e. The van der Waals surface area contributed by atoms with Gasteiger partial charge in [0, 0.05) is 38.5 Å². The Morgan fingerprint density at radius 3 is 1.96 bits per heavy atom. The Balaban J connectivity index is 1.20. The number of anilines is 3. The van der Waals surface area contributed by atoms with E-state index in [2.05, 4.69) is 152 Å². The highest BCUT2D eigenvalue weighted by molar-refractivity contribution is 6.14. The van der Waals surface area contributed by atoms with Gasteiger partial charge in [-0.15, -0.1) is 0 Å². The van der Waals surface area contributed by atoms with Gasteiger partial charge in [-0.1, -0.05) is 117 Å². The number of furan rings is 2. The van der Waals surface area contributed by atoms with Gasteiger partial charge in [-0.2, -0.15) is 0 Å². The van der Waals surface area contributed by atoms with Crippen LogP contribution < -0.4 is 4.90 Å². The molecule has 0 radical (unpaired) electrons.